The fourth-order valence-electron chi connectivity index (χ4n) is 4.08. The number of hydrogen-bond acceptors (Lipinski definition) is 4. The van der Waals surface area contributed by atoms with Crippen molar-refractivity contribution in [2.75, 3.05) is 26.7 Å². The first-order valence-electron chi connectivity index (χ1n) is 9.14. The van der Waals surface area contributed by atoms with E-state index in [1.807, 2.05) is 36.2 Å². The molecule has 2 aliphatic rings. The maximum atomic E-state index is 13.3. The number of carbonyl (C=O) groups excluding carboxylic acids is 2. The number of aryl methyl sites for hydroxylation is 1. The van der Waals surface area contributed by atoms with Crippen LogP contribution < -0.4 is 0 Å². The minimum atomic E-state index is -0.466. The molecule has 1 aromatic carbocycles. The molecule has 0 N–H and O–H groups in total. The molecule has 138 valence electrons. The molecule has 26 heavy (non-hydrogen) atoms. The van der Waals surface area contributed by atoms with Gasteiger partial charge in [0.1, 0.15) is 6.04 Å². The molecule has 2 aromatic rings. The first-order chi connectivity index (χ1) is 12.6. The van der Waals surface area contributed by atoms with E-state index in [0.717, 1.165) is 36.8 Å². The van der Waals surface area contributed by atoms with E-state index in [4.69, 9.17) is 4.74 Å². The monoisotopic (exact) mass is 356 g/mol. The number of carbonyl (C=O) groups is 2. The van der Waals surface area contributed by atoms with Crippen LogP contribution in [0.15, 0.2) is 24.3 Å². The van der Waals surface area contributed by atoms with Crippen molar-refractivity contribution in [3.05, 3.63) is 30.0 Å². The van der Waals surface area contributed by atoms with E-state index in [1.165, 1.54) is 0 Å². The number of likely N-dealkylation sites (tertiary alicyclic amines) is 2. The van der Waals surface area contributed by atoms with Crippen LogP contribution in [0.1, 0.15) is 29.8 Å². The molecule has 0 saturated carbocycles. The first-order valence-corrected chi connectivity index (χ1v) is 9.14. The van der Waals surface area contributed by atoms with Gasteiger partial charge < -0.3 is 14.5 Å². The largest absolute Gasteiger partial charge is 0.380 e. The first kappa shape index (κ1) is 17.0. The third-order valence-corrected chi connectivity index (χ3v) is 5.52. The molecule has 7 nitrogen and oxygen atoms in total. The average Bonchev–Trinajstić information content (AvgIpc) is 3.40. The number of fused-ring (bicyclic) bond motifs is 1. The van der Waals surface area contributed by atoms with Gasteiger partial charge in [0, 0.05) is 45.6 Å². The molecule has 0 spiro atoms. The molecule has 7 heteroatoms. The number of amides is 2. The van der Waals surface area contributed by atoms with E-state index in [1.54, 1.807) is 16.7 Å². The fraction of sp³-hybridized carbons (Fsp3) is 0.526. The van der Waals surface area contributed by atoms with Crippen molar-refractivity contribution in [2.45, 2.75) is 31.4 Å². The van der Waals surface area contributed by atoms with Gasteiger partial charge in [0.15, 0.2) is 5.69 Å². The summed E-state index contributed by atoms with van der Waals surface area (Å²) < 4.78 is 7.18. The van der Waals surface area contributed by atoms with Crippen molar-refractivity contribution >= 4 is 22.7 Å². The Hall–Kier alpha value is -2.41. The molecule has 3 heterocycles. The molecule has 0 unspecified atom stereocenters. The number of rotatable bonds is 3. The van der Waals surface area contributed by atoms with Crippen molar-refractivity contribution < 1.29 is 14.3 Å². The molecule has 4 rings (SSSR count). The van der Waals surface area contributed by atoms with Crippen molar-refractivity contribution in [3.8, 4) is 0 Å². The summed E-state index contributed by atoms with van der Waals surface area (Å²) >= 11 is 0. The van der Waals surface area contributed by atoms with Crippen molar-refractivity contribution in [1.29, 1.82) is 0 Å². The minimum absolute atomic E-state index is 0.0376. The van der Waals surface area contributed by atoms with Gasteiger partial charge in [-0.3, -0.25) is 14.3 Å². The summed E-state index contributed by atoms with van der Waals surface area (Å²) in [6.07, 6.45) is 2.49. The summed E-state index contributed by atoms with van der Waals surface area (Å²) in [6, 6.07) is 7.20. The topological polar surface area (TPSA) is 67.7 Å². The van der Waals surface area contributed by atoms with Gasteiger partial charge in [-0.05, 0) is 18.9 Å². The van der Waals surface area contributed by atoms with Crippen LogP contribution >= 0.6 is 0 Å². The van der Waals surface area contributed by atoms with E-state index in [9.17, 15) is 9.59 Å². The molecule has 2 amide bonds. The molecule has 0 radical (unpaired) electrons. The van der Waals surface area contributed by atoms with E-state index in [-0.39, 0.29) is 17.9 Å². The summed E-state index contributed by atoms with van der Waals surface area (Å²) in [7, 11) is 3.46. The normalized spacial score (nSPS) is 23.2. The van der Waals surface area contributed by atoms with Crippen LogP contribution in [0.2, 0.25) is 0 Å². The lowest BCUT2D eigenvalue weighted by molar-refractivity contribution is -0.134. The molecule has 2 fully saturated rings. The zero-order chi connectivity index (χ0) is 18.3. The number of benzene rings is 1. The van der Waals surface area contributed by atoms with Crippen LogP contribution in [0.3, 0.4) is 0 Å². The SMILES string of the molecule is CO[C@H]1C[C@@H](C(=O)N2CCCC2)N(C(=O)c2nn(C)c3ccccc23)C1. The van der Waals surface area contributed by atoms with Gasteiger partial charge in [-0.1, -0.05) is 18.2 Å². The van der Waals surface area contributed by atoms with Gasteiger partial charge in [0.05, 0.1) is 11.6 Å². The second kappa shape index (κ2) is 6.72. The average molecular weight is 356 g/mol. The Morgan fingerprint density at radius 1 is 1.19 bits per heavy atom. The Morgan fingerprint density at radius 3 is 2.65 bits per heavy atom. The molecule has 2 saturated heterocycles. The Kier molecular flexibility index (Phi) is 4.40. The van der Waals surface area contributed by atoms with E-state index >= 15 is 0 Å². The number of aromatic nitrogens is 2. The zero-order valence-electron chi connectivity index (χ0n) is 15.2. The molecular weight excluding hydrogens is 332 g/mol. The summed E-state index contributed by atoms with van der Waals surface area (Å²) in [4.78, 5) is 29.8. The highest BCUT2D eigenvalue weighted by Gasteiger charge is 2.43. The summed E-state index contributed by atoms with van der Waals surface area (Å²) in [5.41, 5.74) is 1.31. The highest BCUT2D eigenvalue weighted by Crippen LogP contribution is 2.27. The third-order valence-electron chi connectivity index (χ3n) is 5.52. The lowest BCUT2D eigenvalue weighted by Crippen LogP contribution is -2.47. The van der Waals surface area contributed by atoms with Crippen LogP contribution in [-0.4, -0.2) is 70.3 Å². The zero-order valence-corrected chi connectivity index (χ0v) is 15.2. The van der Waals surface area contributed by atoms with E-state index < -0.39 is 6.04 Å². The lowest BCUT2D eigenvalue weighted by Gasteiger charge is -2.27. The van der Waals surface area contributed by atoms with Gasteiger partial charge in [0.2, 0.25) is 5.91 Å². The number of methoxy groups -OCH3 is 1. The maximum absolute atomic E-state index is 13.3. The lowest BCUT2D eigenvalue weighted by atomic mass is 10.1. The van der Waals surface area contributed by atoms with Gasteiger partial charge >= 0.3 is 0 Å². The van der Waals surface area contributed by atoms with E-state index in [0.29, 0.717) is 18.7 Å². The van der Waals surface area contributed by atoms with E-state index in [2.05, 4.69) is 5.10 Å². The third kappa shape index (κ3) is 2.76. The fourth-order valence-corrected chi connectivity index (χ4v) is 4.08. The predicted molar refractivity (Wildman–Crippen MR) is 96.8 cm³/mol. The predicted octanol–water partition coefficient (Wildman–Crippen LogP) is 1.43. The second-order valence-electron chi connectivity index (χ2n) is 7.09. The van der Waals surface area contributed by atoms with Gasteiger partial charge in [-0.25, -0.2) is 0 Å². The summed E-state index contributed by atoms with van der Waals surface area (Å²) in [5, 5.41) is 5.25. The van der Waals surface area contributed by atoms with Crippen LogP contribution in [0.4, 0.5) is 0 Å². The van der Waals surface area contributed by atoms with Crippen LogP contribution in [0.25, 0.3) is 10.9 Å². The Balaban J connectivity index is 1.66. The van der Waals surface area contributed by atoms with Crippen LogP contribution in [0.5, 0.6) is 0 Å². The van der Waals surface area contributed by atoms with Gasteiger partial charge in [-0.2, -0.15) is 5.10 Å². The Morgan fingerprint density at radius 2 is 1.92 bits per heavy atom. The number of nitrogens with zero attached hydrogens (tertiary/aromatic N) is 4. The van der Waals surface area contributed by atoms with Gasteiger partial charge in [0.25, 0.3) is 5.91 Å². The van der Waals surface area contributed by atoms with Crippen LogP contribution in [-0.2, 0) is 16.6 Å². The Labute approximate surface area is 152 Å². The maximum Gasteiger partial charge on any atom is 0.275 e. The second-order valence-corrected chi connectivity index (χ2v) is 7.09. The number of hydrogen-bond donors (Lipinski definition) is 0. The standard InChI is InChI=1S/C19H24N4O3/c1-21-15-8-4-3-7-14(15)17(20-21)19(25)23-12-13(26-2)11-16(23)18(24)22-9-5-6-10-22/h3-4,7-8,13,16H,5-6,9-12H2,1-2H3/t13-,16-/m0/s1. The summed E-state index contributed by atoms with van der Waals surface area (Å²) in [5.74, 6) is -0.158. The summed E-state index contributed by atoms with van der Waals surface area (Å²) in [6.45, 7) is 1.98. The molecule has 1 aromatic heterocycles. The highest BCUT2D eigenvalue weighted by molar-refractivity contribution is 6.06. The molecule has 2 atom stereocenters. The quantitative estimate of drug-likeness (QED) is 0.834. The van der Waals surface area contributed by atoms with Crippen molar-refractivity contribution in [1.82, 2.24) is 19.6 Å². The highest BCUT2D eigenvalue weighted by atomic mass is 16.5. The molecule has 0 aliphatic carbocycles. The molecule has 0 bridgehead atoms. The number of ether oxygens (including phenoxy) is 1. The molecular formula is C19H24N4O3. The smallest absolute Gasteiger partial charge is 0.275 e. The van der Waals surface area contributed by atoms with Crippen molar-refractivity contribution in [3.63, 3.8) is 0 Å². The molecule has 2 aliphatic heterocycles. The number of para-hydroxylation sites is 1. The van der Waals surface area contributed by atoms with Gasteiger partial charge in [-0.15, -0.1) is 0 Å². The van der Waals surface area contributed by atoms with Crippen LogP contribution in [0, 0.1) is 0 Å². The minimum Gasteiger partial charge on any atom is -0.380 e. The van der Waals surface area contributed by atoms with Crippen molar-refractivity contribution in [2.24, 2.45) is 7.05 Å². The Bertz CT molecular complexity index is 840.